The summed E-state index contributed by atoms with van der Waals surface area (Å²) in [7, 11) is 0. The van der Waals surface area contributed by atoms with Crippen LogP contribution in [0.5, 0.6) is 5.75 Å². The van der Waals surface area contributed by atoms with E-state index in [4.69, 9.17) is 16.3 Å². The molecule has 2 amide bonds. The Morgan fingerprint density at radius 3 is 2.36 bits per heavy atom. The number of hydrogen-bond acceptors (Lipinski definition) is 4. The van der Waals surface area contributed by atoms with Gasteiger partial charge in [0.05, 0.1) is 5.02 Å². The topological polar surface area (TPSA) is 67.4 Å². The van der Waals surface area contributed by atoms with Gasteiger partial charge in [0, 0.05) is 10.1 Å². The number of nitrogens with one attached hydrogen (secondary N) is 2. The zero-order valence-corrected chi connectivity index (χ0v) is 17.4. The zero-order valence-electron chi connectivity index (χ0n) is 15.8. The van der Waals surface area contributed by atoms with Gasteiger partial charge in [-0.15, -0.1) is 11.3 Å². The molecule has 0 spiro atoms. The number of rotatable bonds is 4. The van der Waals surface area contributed by atoms with Crippen LogP contribution < -0.4 is 15.6 Å². The van der Waals surface area contributed by atoms with Gasteiger partial charge in [-0.25, -0.2) is 0 Å². The summed E-state index contributed by atoms with van der Waals surface area (Å²) >= 11 is 7.54. The summed E-state index contributed by atoms with van der Waals surface area (Å²) in [5.74, 6) is -0.346. The van der Waals surface area contributed by atoms with Gasteiger partial charge in [-0.3, -0.25) is 20.4 Å². The Hall–Kier alpha value is -2.57. The second-order valence-corrected chi connectivity index (χ2v) is 8.74. The van der Waals surface area contributed by atoms with Crippen LogP contribution >= 0.6 is 22.9 Å². The van der Waals surface area contributed by atoms with Crippen LogP contribution in [0, 0.1) is 0 Å². The molecule has 0 radical (unpaired) electrons. The second-order valence-electron chi connectivity index (χ2n) is 7.31. The lowest BCUT2D eigenvalue weighted by atomic mass is 9.87. The van der Waals surface area contributed by atoms with Crippen molar-refractivity contribution in [2.24, 2.45) is 0 Å². The van der Waals surface area contributed by atoms with Gasteiger partial charge < -0.3 is 4.74 Å². The van der Waals surface area contributed by atoms with Gasteiger partial charge >= 0.3 is 0 Å². The molecule has 2 aromatic carbocycles. The summed E-state index contributed by atoms with van der Waals surface area (Å²) in [6.45, 7) is 6.17. The molecule has 3 aromatic rings. The first-order chi connectivity index (χ1) is 13.3. The Bertz CT molecular complexity index is 1010. The Morgan fingerprint density at radius 1 is 1.04 bits per heavy atom. The first-order valence-electron chi connectivity index (χ1n) is 8.75. The minimum absolute atomic E-state index is 0.0497. The molecular formula is C21H21ClN2O3S. The maximum Gasteiger partial charge on any atom is 0.281 e. The highest BCUT2D eigenvalue weighted by Gasteiger charge is 2.17. The molecule has 1 aromatic heterocycles. The normalized spacial score (nSPS) is 11.3. The third-order valence-corrected chi connectivity index (χ3v) is 5.82. The van der Waals surface area contributed by atoms with Crippen molar-refractivity contribution in [2.75, 3.05) is 6.61 Å². The van der Waals surface area contributed by atoms with Crippen LogP contribution in [0.4, 0.5) is 0 Å². The number of carbonyl (C=O) groups excluding carboxylic acids is 2. The molecule has 0 fully saturated rings. The van der Waals surface area contributed by atoms with Gasteiger partial charge in [0.15, 0.2) is 6.61 Å². The number of hydrogen-bond donors (Lipinski definition) is 2. The monoisotopic (exact) mass is 416 g/mol. The number of carbonyl (C=O) groups is 2. The van der Waals surface area contributed by atoms with Gasteiger partial charge in [-0.2, -0.15) is 0 Å². The average molecular weight is 417 g/mol. The van der Waals surface area contributed by atoms with Gasteiger partial charge in [0.2, 0.25) is 0 Å². The molecule has 0 aliphatic heterocycles. The molecule has 7 heteroatoms. The van der Waals surface area contributed by atoms with Gasteiger partial charge in [0.1, 0.15) is 10.6 Å². The number of benzene rings is 2. The zero-order chi connectivity index (χ0) is 20.3. The van der Waals surface area contributed by atoms with E-state index in [1.807, 2.05) is 48.5 Å². The van der Waals surface area contributed by atoms with Crippen molar-refractivity contribution in [3.8, 4) is 5.75 Å². The largest absolute Gasteiger partial charge is 0.484 e. The Labute approximate surface area is 172 Å². The molecule has 0 saturated heterocycles. The number of amides is 2. The molecule has 0 aliphatic carbocycles. The van der Waals surface area contributed by atoms with Gasteiger partial charge in [-0.1, -0.05) is 62.7 Å². The van der Waals surface area contributed by atoms with Crippen LogP contribution in [-0.2, 0) is 10.2 Å². The van der Waals surface area contributed by atoms with Crippen LogP contribution in [0.15, 0.2) is 48.5 Å². The van der Waals surface area contributed by atoms with Gasteiger partial charge in [0.25, 0.3) is 11.8 Å². The summed E-state index contributed by atoms with van der Waals surface area (Å²) < 4.78 is 6.37. The lowest BCUT2D eigenvalue weighted by Gasteiger charge is -2.19. The molecule has 1 heterocycles. The molecule has 146 valence electrons. The molecule has 0 saturated carbocycles. The van der Waals surface area contributed by atoms with Crippen LogP contribution in [0.1, 0.15) is 36.0 Å². The van der Waals surface area contributed by atoms with Crippen molar-refractivity contribution in [3.05, 3.63) is 64.0 Å². The Balaban J connectivity index is 1.52. The molecule has 0 unspecified atom stereocenters. The minimum atomic E-state index is -0.467. The van der Waals surface area contributed by atoms with E-state index in [0.29, 0.717) is 15.6 Å². The van der Waals surface area contributed by atoms with E-state index in [-0.39, 0.29) is 12.0 Å². The van der Waals surface area contributed by atoms with E-state index in [2.05, 4.69) is 31.6 Å². The smallest absolute Gasteiger partial charge is 0.281 e. The van der Waals surface area contributed by atoms with Crippen LogP contribution in [0.3, 0.4) is 0 Å². The second kappa shape index (κ2) is 8.20. The highest BCUT2D eigenvalue weighted by Crippen LogP contribution is 2.34. The Morgan fingerprint density at radius 2 is 1.71 bits per heavy atom. The van der Waals surface area contributed by atoms with Crippen LogP contribution in [-0.4, -0.2) is 18.4 Å². The fourth-order valence-electron chi connectivity index (χ4n) is 2.58. The molecule has 2 N–H and O–H groups in total. The third-order valence-electron chi connectivity index (χ3n) is 4.15. The molecular weight excluding hydrogens is 396 g/mol. The van der Waals surface area contributed by atoms with Gasteiger partial charge in [-0.05, 0) is 29.2 Å². The van der Waals surface area contributed by atoms with Crippen molar-refractivity contribution < 1.29 is 14.3 Å². The average Bonchev–Trinajstić information content (AvgIpc) is 3.01. The molecule has 5 nitrogen and oxygen atoms in total. The number of fused-ring (bicyclic) bond motifs is 1. The summed E-state index contributed by atoms with van der Waals surface area (Å²) in [4.78, 5) is 24.6. The van der Waals surface area contributed by atoms with E-state index in [9.17, 15) is 9.59 Å². The maximum atomic E-state index is 12.3. The van der Waals surface area contributed by atoms with Crippen molar-refractivity contribution >= 4 is 44.8 Å². The fraction of sp³-hybridized carbons (Fsp3) is 0.238. The molecule has 28 heavy (non-hydrogen) atoms. The van der Waals surface area contributed by atoms with E-state index < -0.39 is 11.8 Å². The molecule has 0 aliphatic rings. The van der Waals surface area contributed by atoms with Crippen molar-refractivity contribution in [1.29, 1.82) is 0 Å². The lowest BCUT2D eigenvalue weighted by Crippen LogP contribution is -2.43. The van der Waals surface area contributed by atoms with E-state index >= 15 is 0 Å². The molecule has 0 atom stereocenters. The number of ether oxygens (including phenoxy) is 1. The number of halogens is 1. The highest BCUT2D eigenvalue weighted by molar-refractivity contribution is 7.21. The summed E-state index contributed by atoms with van der Waals surface area (Å²) in [5.41, 5.74) is 5.94. The van der Waals surface area contributed by atoms with E-state index in [0.717, 1.165) is 10.1 Å². The minimum Gasteiger partial charge on any atom is -0.484 e. The van der Waals surface area contributed by atoms with Crippen molar-refractivity contribution in [3.63, 3.8) is 0 Å². The predicted octanol–water partition coefficient (Wildman–Crippen LogP) is 4.69. The summed E-state index contributed by atoms with van der Waals surface area (Å²) in [6, 6.07) is 15.1. The first kappa shape index (κ1) is 20.2. The van der Waals surface area contributed by atoms with Crippen LogP contribution in [0.25, 0.3) is 10.1 Å². The summed E-state index contributed by atoms with van der Waals surface area (Å²) in [6.07, 6.45) is 0. The van der Waals surface area contributed by atoms with Crippen molar-refractivity contribution in [2.45, 2.75) is 26.2 Å². The van der Waals surface area contributed by atoms with Crippen LogP contribution in [0.2, 0.25) is 5.02 Å². The number of hydrazine groups is 1. The third kappa shape index (κ3) is 4.64. The number of thiophene rings is 1. The predicted molar refractivity (Wildman–Crippen MR) is 113 cm³/mol. The van der Waals surface area contributed by atoms with E-state index in [1.165, 1.54) is 16.9 Å². The highest BCUT2D eigenvalue weighted by atomic mass is 35.5. The standard InChI is InChI=1S/C21H21ClN2O3S/c1-21(2,3)13-8-10-14(11-9-13)27-12-17(25)23-24-20(26)19-18(22)15-6-4-5-7-16(15)28-19/h4-11H,12H2,1-3H3,(H,23,25)(H,24,26). The first-order valence-corrected chi connectivity index (χ1v) is 9.95. The fourth-order valence-corrected chi connectivity index (χ4v) is 3.99. The van der Waals surface area contributed by atoms with E-state index in [1.54, 1.807) is 0 Å². The quantitative estimate of drug-likeness (QED) is 0.606. The Kier molecular flexibility index (Phi) is 5.91. The molecule has 0 bridgehead atoms. The van der Waals surface area contributed by atoms with Crippen molar-refractivity contribution in [1.82, 2.24) is 10.9 Å². The summed E-state index contributed by atoms with van der Waals surface area (Å²) in [5, 5.41) is 1.19. The SMILES string of the molecule is CC(C)(C)c1ccc(OCC(=O)NNC(=O)c2sc3ccccc3c2Cl)cc1. The lowest BCUT2D eigenvalue weighted by molar-refractivity contribution is -0.123. The maximum absolute atomic E-state index is 12.3. The molecule has 3 rings (SSSR count).